The van der Waals surface area contributed by atoms with Crippen LogP contribution in [-0.2, 0) is 6.18 Å². The van der Waals surface area contributed by atoms with Gasteiger partial charge in [-0.05, 0) is 12.1 Å². The Balaban J connectivity index is 3.28. The van der Waals surface area contributed by atoms with E-state index < -0.39 is 23.6 Å². The van der Waals surface area contributed by atoms with Crippen molar-refractivity contribution in [2.45, 2.75) is 12.3 Å². The number of aliphatic hydroxyl groups excluding tert-OH is 1. The maximum Gasteiger partial charge on any atom is 0.416 e. The summed E-state index contributed by atoms with van der Waals surface area (Å²) in [5, 5.41) is 18.8. The number of hydrogen-bond acceptors (Lipinski definition) is 3. The number of aliphatic hydroxyl groups is 1. The van der Waals surface area contributed by atoms with E-state index in [0.717, 1.165) is 6.07 Å². The molecule has 0 bridgehead atoms. The summed E-state index contributed by atoms with van der Waals surface area (Å²) in [6.07, 6.45) is -5.76. The third-order valence-corrected chi connectivity index (χ3v) is 2.65. The molecule has 0 saturated heterocycles. The summed E-state index contributed by atoms with van der Waals surface area (Å²) >= 11 is 2.86. The summed E-state index contributed by atoms with van der Waals surface area (Å²) < 4.78 is 37.0. The van der Waals surface area contributed by atoms with Crippen LogP contribution in [0.1, 0.15) is 17.2 Å². The molecule has 0 aliphatic heterocycles. The molecule has 0 heterocycles. The first-order valence-corrected chi connectivity index (χ1v) is 5.04. The zero-order valence-electron chi connectivity index (χ0n) is 7.92. The standard InChI is InChI=1S/C9H9BrF3NO2/c10-5-1-4(9(11,12)13)2-6(15)8(5)7(16)3-14/h1-2,7,15-16H,3,14H2. The molecule has 0 spiro atoms. The molecule has 1 aromatic carbocycles. The molecule has 1 unspecified atom stereocenters. The Bertz CT molecular complexity index is 372. The molecule has 1 rings (SSSR count). The quantitative estimate of drug-likeness (QED) is 0.784. The third kappa shape index (κ3) is 2.66. The molecule has 0 radical (unpaired) electrons. The van der Waals surface area contributed by atoms with Crippen LogP contribution in [0.4, 0.5) is 13.2 Å². The van der Waals surface area contributed by atoms with Crippen LogP contribution < -0.4 is 5.73 Å². The number of hydrogen-bond donors (Lipinski definition) is 3. The summed E-state index contributed by atoms with van der Waals surface area (Å²) in [6.45, 7) is -0.197. The van der Waals surface area contributed by atoms with Crippen molar-refractivity contribution in [2.75, 3.05) is 6.54 Å². The SMILES string of the molecule is NCC(O)c1c(O)cc(C(F)(F)F)cc1Br. The van der Waals surface area contributed by atoms with Gasteiger partial charge in [0, 0.05) is 16.6 Å². The van der Waals surface area contributed by atoms with Gasteiger partial charge in [-0.2, -0.15) is 13.2 Å². The highest BCUT2D eigenvalue weighted by Crippen LogP contribution is 2.38. The van der Waals surface area contributed by atoms with Crippen LogP contribution in [0.15, 0.2) is 16.6 Å². The molecule has 0 amide bonds. The van der Waals surface area contributed by atoms with Gasteiger partial charge in [-0.15, -0.1) is 0 Å². The van der Waals surface area contributed by atoms with E-state index in [2.05, 4.69) is 15.9 Å². The van der Waals surface area contributed by atoms with Crippen molar-refractivity contribution in [1.29, 1.82) is 0 Å². The first-order chi connectivity index (χ1) is 7.27. The lowest BCUT2D eigenvalue weighted by molar-refractivity contribution is -0.137. The summed E-state index contributed by atoms with van der Waals surface area (Å²) in [7, 11) is 0. The number of benzene rings is 1. The number of phenolic OH excluding ortho intramolecular Hbond substituents is 1. The molecule has 1 atom stereocenters. The van der Waals surface area contributed by atoms with Crippen LogP contribution in [0.25, 0.3) is 0 Å². The zero-order valence-corrected chi connectivity index (χ0v) is 9.51. The Kier molecular flexibility index (Phi) is 3.82. The minimum Gasteiger partial charge on any atom is -0.508 e. The Morgan fingerprint density at radius 2 is 1.94 bits per heavy atom. The molecule has 0 saturated carbocycles. The smallest absolute Gasteiger partial charge is 0.416 e. The van der Waals surface area contributed by atoms with Gasteiger partial charge in [0.25, 0.3) is 0 Å². The van der Waals surface area contributed by atoms with Gasteiger partial charge in [0.05, 0.1) is 11.7 Å². The van der Waals surface area contributed by atoms with Gasteiger partial charge in [0.2, 0.25) is 0 Å². The van der Waals surface area contributed by atoms with E-state index in [1.165, 1.54) is 0 Å². The monoisotopic (exact) mass is 299 g/mol. The molecule has 90 valence electrons. The zero-order chi connectivity index (χ0) is 12.5. The lowest BCUT2D eigenvalue weighted by Crippen LogP contribution is -2.13. The maximum absolute atomic E-state index is 12.3. The van der Waals surface area contributed by atoms with Crippen LogP contribution in [0.3, 0.4) is 0 Å². The van der Waals surface area contributed by atoms with Crippen LogP contribution >= 0.6 is 15.9 Å². The van der Waals surface area contributed by atoms with Crippen LogP contribution in [0, 0.1) is 0 Å². The van der Waals surface area contributed by atoms with E-state index in [-0.39, 0.29) is 16.6 Å². The molecule has 0 fully saturated rings. The lowest BCUT2D eigenvalue weighted by Gasteiger charge is -2.15. The van der Waals surface area contributed by atoms with Crippen molar-refractivity contribution >= 4 is 15.9 Å². The van der Waals surface area contributed by atoms with Gasteiger partial charge in [-0.25, -0.2) is 0 Å². The number of alkyl halides is 3. The average Bonchev–Trinajstić information content (AvgIpc) is 2.14. The predicted molar refractivity (Wildman–Crippen MR) is 54.8 cm³/mol. The minimum absolute atomic E-state index is 0.0298. The van der Waals surface area contributed by atoms with Gasteiger partial charge in [0.1, 0.15) is 5.75 Å². The normalized spacial score (nSPS) is 13.9. The topological polar surface area (TPSA) is 66.5 Å². The Hall–Kier alpha value is -0.790. The molecule has 3 nitrogen and oxygen atoms in total. The lowest BCUT2D eigenvalue weighted by atomic mass is 10.1. The second-order valence-electron chi connectivity index (χ2n) is 3.14. The first kappa shape index (κ1) is 13.3. The molecular formula is C9H9BrF3NO2. The summed E-state index contributed by atoms with van der Waals surface area (Å²) in [5.41, 5.74) is 4.12. The highest BCUT2D eigenvalue weighted by molar-refractivity contribution is 9.10. The largest absolute Gasteiger partial charge is 0.508 e. The van der Waals surface area contributed by atoms with E-state index in [1.54, 1.807) is 0 Å². The van der Waals surface area contributed by atoms with Crippen molar-refractivity contribution in [2.24, 2.45) is 5.73 Å². The number of nitrogens with two attached hydrogens (primary N) is 1. The second kappa shape index (κ2) is 4.60. The van der Waals surface area contributed by atoms with E-state index >= 15 is 0 Å². The molecule has 0 aliphatic rings. The number of phenols is 1. The third-order valence-electron chi connectivity index (χ3n) is 1.99. The molecule has 1 aromatic rings. The van der Waals surface area contributed by atoms with Crippen molar-refractivity contribution in [3.63, 3.8) is 0 Å². The molecule has 7 heteroatoms. The summed E-state index contributed by atoms with van der Waals surface area (Å²) in [6, 6.07) is 1.34. The van der Waals surface area contributed by atoms with Crippen LogP contribution in [0.2, 0.25) is 0 Å². The molecular weight excluding hydrogens is 291 g/mol. The van der Waals surface area contributed by atoms with Gasteiger partial charge >= 0.3 is 6.18 Å². The highest BCUT2D eigenvalue weighted by atomic mass is 79.9. The summed E-state index contributed by atoms with van der Waals surface area (Å²) in [4.78, 5) is 0. The Morgan fingerprint density at radius 3 is 2.31 bits per heavy atom. The van der Waals surface area contributed by atoms with Gasteiger partial charge in [-0.1, -0.05) is 15.9 Å². The van der Waals surface area contributed by atoms with E-state index in [1.807, 2.05) is 0 Å². The first-order valence-electron chi connectivity index (χ1n) is 4.25. The Labute approximate surface area is 97.8 Å². The average molecular weight is 300 g/mol. The van der Waals surface area contributed by atoms with Crippen molar-refractivity contribution in [3.8, 4) is 5.75 Å². The number of halogens is 4. The van der Waals surface area contributed by atoms with E-state index in [4.69, 9.17) is 5.73 Å². The van der Waals surface area contributed by atoms with Crippen molar-refractivity contribution < 1.29 is 23.4 Å². The molecule has 0 aliphatic carbocycles. The van der Waals surface area contributed by atoms with Gasteiger partial charge in [-0.3, -0.25) is 0 Å². The van der Waals surface area contributed by atoms with Crippen LogP contribution in [-0.4, -0.2) is 16.8 Å². The molecule has 0 aromatic heterocycles. The summed E-state index contributed by atoms with van der Waals surface area (Å²) in [5.74, 6) is -0.639. The highest BCUT2D eigenvalue weighted by Gasteiger charge is 2.32. The Morgan fingerprint density at radius 1 is 1.38 bits per heavy atom. The predicted octanol–water partition coefficient (Wildman–Crippen LogP) is 2.17. The maximum atomic E-state index is 12.3. The molecule has 4 N–H and O–H groups in total. The van der Waals surface area contributed by atoms with Crippen molar-refractivity contribution in [3.05, 3.63) is 27.7 Å². The minimum atomic E-state index is -4.55. The number of aromatic hydroxyl groups is 1. The second-order valence-corrected chi connectivity index (χ2v) is 3.99. The van der Waals surface area contributed by atoms with E-state index in [9.17, 15) is 23.4 Å². The van der Waals surface area contributed by atoms with Crippen molar-refractivity contribution in [1.82, 2.24) is 0 Å². The van der Waals surface area contributed by atoms with Gasteiger partial charge in [0.15, 0.2) is 0 Å². The van der Waals surface area contributed by atoms with E-state index in [0.29, 0.717) is 6.07 Å². The fourth-order valence-corrected chi connectivity index (χ4v) is 1.93. The van der Waals surface area contributed by atoms with Crippen LogP contribution in [0.5, 0.6) is 5.75 Å². The van der Waals surface area contributed by atoms with Gasteiger partial charge < -0.3 is 15.9 Å². The number of rotatable bonds is 2. The fourth-order valence-electron chi connectivity index (χ4n) is 1.21. The molecule has 16 heavy (non-hydrogen) atoms. The fraction of sp³-hybridized carbons (Fsp3) is 0.333.